The van der Waals surface area contributed by atoms with Gasteiger partial charge in [0.25, 0.3) is 0 Å². The number of nitrogens with one attached hydrogen (secondary N) is 1. The van der Waals surface area contributed by atoms with Crippen molar-refractivity contribution in [2.45, 2.75) is 51.1 Å². The lowest BCUT2D eigenvalue weighted by atomic mass is 9.94. The van der Waals surface area contributed by atoms with E-state index in [9.17, 15) is 0 Å². The first-order valence-corrected chi connectivity index (χ1v) is 6.70. The molecule has 0 unspecified atom stereocenters. The highest BCUT2D eigenvalue weighted by Crippen LogP contribution is 2.26. The molecular formula is C15H23NO. The van der Waals surface area contributed by atoms with Crippen LogP contribution in [0.1, 0.15) is 50.6 Å². The Bertz CT molecular complexity index is 345. The second kappa shape index (κ2) is 6.06. The average Bonchev–Trinajstić information content (AvgIpc) is 2.40. The maximum Gasteiger partial charge on any atom is 0.123 e. The molecule has 2 nitrogen and oxygen atoms in total. The Labute approximate surface area is 104 Å². The lowest BCUT2D eigenvalue weighted by Gasteiger charge is -2.27. The molecule has 0 aliphatic heterocycles. The van der Waals surface area contributed by atoms with Crippen molar-refractivity contribution in [1.82, 2.24) is 5.32 Å². The summed E-state index contributed by atoms with van der Waals surface area (Å²) in [7, 11) is 1.74. The summed E-state index contributed by atoms with van der Waals surface area (Å²) in [5, 5.41) is 3.73. The number of ether oxygens (including phenoxy) is 1. The van der Waals surface area contributed by atoms with Gasteiger partial charge in [-0.2, -0.15) is 0 Å². The van der Waals surface area contributed by atoms with Gasteiger partial charge in [-0.1, -0.05) is 37.5 Å². The standard InChI is InChI=1S/C15H23NO/c1-12(16-13-8-4-3-5-9-13)14-10-6-7-11-15(14)17-2/h6-7,10-13,16H,3-5,8-9H2,1-2H3/t12-/m1/s1. The van der Waals surface area contributed by atoms with Gasteiger partial charge in [-0.05, 0) is 25.8 Å². The lowest BCUT2D eigenvalue weighted by Crippen LogP contribution is -2.33. The molecule has 1 aromatic carbocycles. The summed E-state index contributed by atoms with van der Waals surface area (Å²) >= 11 is 0. The second-order valence-corrected chi connectivity index (χ2v) is 4.97. The molecule has 1 fully saturated rings. The van der Waals surface area contributed by atoms with E-state index in [0.717, 1.165) is 5.75 Å². The zero-order valence-corrected chi connectivity index (χ0v) is 10.9. The first-order chi connectivity index (χ1) is 8.31. The Kier molecular flexibility index (Phi) is 4.43. The number of para-hydroxylation sites is 1. The van der Waals surface area contributed by atoms with Gasteiger partial charge < -0.3 is 10.1 Å². The van der Waals surface area contributed by atoms with Crippen LogP contribution < -0.4 is 10.1 Å². The summed E-state index contributed by atoms with van der Waals surface area (Å²) in [6.45, 7) is 2.23. The van der Waals surface area contributed by atoms with Gasteiger partial charge in [-0.25, -0.2) is 0 Å². The molecule has 1 N–H and O–H groups in total. The van der Waals surface area contributed by atoms with Gasteiger partial charge in [0.2, 0.25) is 0 Å². The highest BCUT2D eigenvalue weighted by Gasteiger charge is 2.17. The van der Waals surface area contributed by atoms with E-state index < -0.39 is 0 Å². The molecule has 1 saturated carbocycles. The molecule has 2 rings (SSSR count). The summed E-state index contributed by atoms with van der Waals surface area (Å²) < 4.78 is 5.42. The molecule has 17 heavy (non-hydrogen) atoms. The van der Waals surface area contributed by atoms with Crippen LogP contribution in [-0.2, 0) is 0 Å². The van der Waals surface area contributed by atoms with E-state index in [1.165, 1.54) is 37.7 Å². The van der Waals surface area contributed by atoms with E-state index in [2.05, 4.69) is 24.4 Å². The van der Waals surface area contributed by atoms with Gasteiger partial charge in [0.15, 0.2) is 0 Å². The maximum absolute atomic E-state index is 5.42. The van der Waals surface area contributed by atoms with Gasteiger partial charge in [0.1, 0.15) is 5.75 Å². The Morgan fingerprint density at radius 2 is 1.88 bits per heavy atom. The maximum atomic E-state index is 5.42. The summed E-state index contributed by atoms with van der Waals surface area (Å²) in [6.07, 6.45) is 6.78. The van der Waals surface area contributed by atoms with E-state index in [1.807, 2.05) is 12.1 Å². The smallest absolute Gasteiger partial charge is 0.123 e. The Hall–Kier alpha value is -1.02. The molecule has 0 amide bonds. The van der Waals surface area contributed by atoms with Crippen LogP contribution in [0, 0.1) is 0 Å². The first-order valence-electron chi connectivity index (χ1n) is 6.70. The van der Waals surface area contributed by atoms with Gasteiger partial charge in [0, 0.05) is 17.6 Å². The number of benzene rings is 1. The number of hydrogen-bond acceptors (Lipinski definition) is 2. The van der Waals surface area contributed by atoms with Crippen LogP contribution in [0.5, 0.6) is 5.75 Å². The largest absolute Gasteiger partial charge is 0.496 e. The highest BCUT2D eigenvalue weighted by molar-refractivity contribution is 5.35. The van der Waals surface area contributed by atoms with Crippen molar-refractivity contribution in [1.29, 1.82) is 0 Å². The fourth-order valence-corrected chi connectivity index (χ4v) is 2.74. The summed E-state index contributed by atoms with van der Waals surface area (Å²) in [6, 6.07) is 9.35. The van der Waals surface area contributed by atoms with Gasteiger partial charge in [0.05, 0.1) is 7.11 Å². The highest BCUT2D eigenvalue weighted by atomic mass is 16.5. The second-order valence-electron chi connectivity index (χ2n) is 4.97. The fraction of sp³-hybridized carbons (Fsp3) is 0.600. The predicted octanol–water partition coefficient (Wildman–Crippen LogP) is 3.68. The van der Waals surface area contributed by atoms with Crippen LogP contribution in [0.25, 0.3) is 0 Å². The summed E-state index contributed by atoms with van der Waals surface area (Å²) in [4.78, 5) is 0. The molecule has 1 aliphatic rings. The van der Waals surface area contributed by atoms with Gasteiger partial charge in [-0.3, -0.25) is 0 Å². The molecule has 0 saturated heterocycles. The topological polar surface area (TPSA) is 21.3 Å². The molecule has 0 radical (unpaired) electrons. The third-order valence-corrected chi connectivity index (χ3v) is 3.70. The van der Waals surface area contributed by atoms with Gasteiger partial charge >= 0.3 is 0 Å². The van der Waals surface area contributed by atoms with Crippen LogP contribution in [0.4, 0.5) is 0 Å². The van der Waals surface area contributed by atoms with Crippen LogP contribution >= 0.6 is 0 Å². The van der Waals surface area contributed by atoms with Crippen LogP contribution in [0.15, 0.2) is 24.3 Å². The van der Waals surface area contributed by atoms with Crippen molar-refractivity contribution >= 4 is 0 Å². The molecule has 0 heterocycles. The van der Waals surface area contributed by atoms with Crippen LogP contribution in [0.2, 0.25) is 0 Å². The normalized spacial score (nSPS) is 18.9. The molecule has 0 bridgehead atoms. The van der Waals surface area contributed by atoms with Crippen molar-refractivity contribution < 1.29 is 4.74 Å². The van der Waals surface area contributed by atoms with Crippen LogP contribution in [-0.4, -0.2) is 13.2 Å². The van der Waals surface area contributed by atoms with Crippen molar-refractivity contribution in [2.24, 2.45) is 0 Å². The van der Waals surface area contributed by atoms with Crippen molar-refractivity contribution in [2.75, 3.05) is 7.11 Å². The van der Waals surface area contributed by atoms with Crippen LogP contribution in [0.3, 0.4) is 0 Å². The first kappa shape index (κ1) is 12.4. The summed E-state index contributed by atoms with van der Waals surface area (Å²) in [5.74, 6) is 0.989. The molecule has 1 atom stereocenters. The summed E-state index contributed by atoms with van der Waals surface area (Å²) in [5.41, 5.74) is 1.26. The Balaban J connectivity index is 2.00. The zero-order valence-electron chi connectivity index (χ0n) is 10.9. The number of methoxy groups -OCH3 is 1. The lowest BCUT2D eigenvalue weighted by molar-refractivity contribution is 0.339. The third kappa shape index (κ3) is 3.22. The van der Waals surface area contributed by atoms with E-state index in [4.69, 9.17) is 4.74 Å². The van der Waals surface area contributed by atoms with Gasteiger partial charge in [-0.15, -0.1) is 0 Å². The predicted molar refractivity (Wildman–Crippen MR) is 71.4 cm³/mol. The minimum Gasteiger partial charge on any atom is -0.496 e. The van der Waals surface area contributed by atoms with Crippen molar-refractivity contribution in [3.63, 3.8) is 0 Å². The zero-order chi connectivity index (χ0) is 12.1. The molecule has 2 heteroatoms. The Morgan fingerprint density at radius 3 is 2.59 bits per heavy atom. The Morgan fingerprint density at radius 1 is 1.18 bits per heavy atom. The quantitative estimate of drug-likeness (QED) is 0.856. The number of rotatable bonds is 4. The molecule has 1 aliphatic carbocycles. The molecule has 0 spiro atoms. The van der Waals surface area contributed by atoms with E-state index in [-0.39, 0.29) is 0 Å². The third-order valence-electron chi connectivity index (χ3n) is 3.70. The minimum atomic E-state index is 0.370. The van der Waals surface area contributed by atoms with E-state index in [1.54, 1.807) is 7.11 Å². The molecule has 94 valence electrons. The minimum absolute atomic E-state index is 0.370. The SMILES string of the molecule is COc1ccccc1[C@@H](C)NC1CCCCC1. The fourth-order valence-electron chi connectivity index (χ4n) is 2.74. The molecule has 1 aromatic rings. The molecule has 0 aromatic heterocycles. The van der Waals surface area contributed by atoms with Crippen molar-refractivity contribution in [3.05, 3.63) is 29.8 Å². The van der Waals surface area contributed by atoms with E-state index in [0.29, 0.717) is 12.1 Å². The molecular weight excluding hydrogens is 210 g/mol. The number of hydrogen-bond donors (Lipinski definition) is 1. The van der Waals surface area contributed by atoms with Crippen molar-refractivity contribution in [3.8, 4) is 5.75 Å². The van der Waals surface area contributed by atoms with E-state index >= 15 is 0 Å². The average molecular weight is 233 g/mol. The monoisotopic (exact) mass is 233 g/mol.